The first kappa shape index (κ1) is 26.5. The second-order valence-electron chi connectivity index (χ2n) is 9.22. The Morgan fingerprint density at radius 3 is 2.62 bits per heavy atom. The highest BCUT2D eigenvalue weighted by Gasteiger charge is 2.44. The van der Waals surface area contributed by atoms with Gasteiger partial charge in [-0.1, -0.05) is 47.5 Å². The largest absolute Gasteiger partial charge is 0.451 e. The highest BCUT2D eigenvalue weighted by Crippen LogP contribution is 2.44. The van der Waals surface area contributed by atoms with Gasteiger partial charge in [0.25, 0.3) is 11.5 Å². The van der Waals surface area contributed by atoms with Crippen molar-refractivity contribution in [2.75, 3.05) is 12.3 Å². The van der Waals surface area contributed by atoms with Crippen LogP contribution in [0.3, 0.4) is 0 Å². The van der Waals surface area contributed by atoms with E-state index in [1.165, 1.54) is 5.01 Å². The van der Waals surface area contributed by atoms with E-state index >= 15 is 0 Å². The number of ether oxygens (including phenoxy) is 1. The van der Waals surface area contributed by atoms with E-state index in [1.54, 1.807) is 18.2 Å². The molecular formula is C27H23Cl2N5O5. The predicted molar refractivity (Wildman–Crippen MR) is 148 cm³/mol. The zero-order valence-corrected chi connectivity index (χ0v) is 22.0. The number of hydrogen-bond acceptors (Lipinski definition) is 7. The maximum atomic E-state index is 13.4. The SMILES string of the molecule is Nc1c(C(=O)OCC(=O)N2N=C3C(=Cc4cccc(Cl)c4)CCCC3C2c2ccc(Cl)cc2)[nH]c(=O)[nH]c1=O. The van der Waals surface area contributed by atoms with Crippen molar-refractivity contribution in [3.05, 3.63) is 102 Å². The number of aromatic amines is 2. The van der Waals surface area contributed by atoms with Gasteiger partial charge in [-0.3, -0.25) is 19.6 Å². The number of nitrogens with zero attached hydrogens (tertiary/aromatic N) is 2. The number of H-pyrrole nitrogens is 2. The molecule has 2 atom stereocenters. The third-order valence-corrected chi connectivity index (χ3v) is 7.16. The van der Waals surface area contributed by atoms with Crippen LogP contribution < -0.4 is 17.0 Å². The number of esters is 1. The number of anilines is 1. The zero-order valence-electron chi connectivity index (χ0n) is 20.4. The summed E-state index contributed by atoms with van der Waals surface area (Å²) >= 11 is 12.3. The number of aromatic nitrogens is 2. The Kier molecular flexibility index (Phi) is 7.40. The fourth-order valence-corrected chi connectivity index (χ4v) is 5.25. The molecule has 5 rings (SSSR count). The van der Waals surface area contributed by atoms with E-state index < -0.39 is 47.2 Å². The lowest BCUT2D eigenvalue weighted by atomic mass is 9.77. The van der Waals surface area contributed by atoms with Gasteiger partial charge in [-0.15, -0.1) is 0 Å². The number of nitrogen functional groups attached to an aromatic ring is 1. The summed E-state index contributed by atoms with van der Waals surface area (Å²) in [6.45, 7) is -0.686. The molecule has 2 aliphatic rings. The average Bonchev–Trinajstić information content (AvgIpc) is 3.30. The van der Waals surface area contributed by atoms with E-state index in [0.717, 1.165) is 41.7 Å². The minimum absolute atomic E-state index is 0.0929. The molecule has 1 aliphatic carbocycles. The number of rotatable bonds is 5. The van der Waals surface area contributed by atoms with Crippen LogP contribution in [0.15, 0.2) is 68.8 Å². The number of nitrogens with one attached hydrogen (secondary N) is 2. The van der Waals surface area contributed by atoms with E-state index in [-0.39, 0.29) is 5.92 Å². The molecule has 4 N–H and O–H groups in total. The van der Waals surface area contributed by atoms with Crippen LogP contribution in [0.4, 0.5) is 5.69 Å². The molecule has 2 unspecified atom stereocenters. The van der Waals surface area contributed by atoms with Gasteiger partial charge in [-0.25, -0.2) is 14.6 Å². The van der Waals surface area contributed by atoms with Crippen LogP contribution in [0, 0.1) is 5.92 Å². The topological polar surface area (TPSA) is 151 Å². The maximum Gasteiger partial charge on any atom is 0.357 e. The summed E-state index contributed by atoms with van der Waals surface area (Å²) in [4.78, 5) is 53.3. The molecule has 10 nitrogen and oxygen atoms in total. The molecule has 0 spiro atoms. The van der Waals surface area contributed by atoms with Crippen LogP contribution in [-0.4, -0.2) is 39.2 Å². The van der Waals surface area contributed by atoms with Gasteiger partial charge in [0, 0.05) is 16.0 Å². The average molecular weight is 568 g/mol. The monoisotopic (exact) mass is 567 g/mol. The summed E-state index contributed by atoms with van der Waals surface area (Å²) in [6.07, 6.45) is 4.50. The normalized spacial score (nSPS) is 19.5. The Hall–Kier alpha value is -4.15. The highest BCUT2D eigenvalue weighted by molar-refractivity contribution is 6.31. The molecule has 39 heavy (non-hydrogen) atoms. The van der Waals surface area contributed by atoms with Gasteiger partial charge in [0.1, 0.15) is 5.69 Å². The van der Waals surface area contributed by atoms with E-state index in [0.29, 0.717) is 10.0 Å². The van der Waals surface area contributed by atoms with Crippen molar-refractivity contribution < 1.29 is 14.3 Å². The van der Waals surface area contributed by atoms with Crippen molar-refractivity contribution in [2.45, 2.75) is 25.3 Å². The van der Waals surface area contributed by atoms with E-state index in [9.17, 15) is 19.2 Å². The van der Waals surface area contributed by atoms with Crippen LogP contribution in [0.5, 0.6) is 0 Å². The molecule has 0 bridgehead atoms. The highest BCUT2D eigenvalue weighted by atomic mass is 35.5. The number of carbonyl (C=O) groups excluding carboxylic acids is 2. The van der Waals surface area contributed by atoms with Crippen LogP contribution in [-0.2, 0) is 9.53 Å². The predicted octanol–water partition coefficient (Wildman–Crippen LogP) is 3.93. The molecule has 2 aromatic carbocycles. The van der Waals surface area contributed by atoms with E-state index in [1.807, 2.05) is 41.4 Å². The summed E-state index contributed by atoms with van der Waals surface area (Å²) in [5, 5.41) is 7.23. The number of benzene rings is 2. The number of carbonyl (C=O) groups is 2. The maximum absolute atomic E-state index is 13.4. The molecule has 12 heteroatoms. The lowest BCUT2D eigenvalue weighted by Crippen LogP contribution is -2.35. The third-order valence-electron chi connectivity index (χ3n) is 6.67. The Balaban J connectivity index is 1.45. The first-order valence-electron chi connectivity index (χ1n) is 12.1. The third kappa shape index (κ3) is 5.52. The summed E-state index contributed by atoms with van der Waals surface area (Å²) in [5.41, 5.74) is 6.22. The number of allylic oxidation sites excluding steroid dienone is 1. The quantitative estimate of drug-likeness (QED) is 0.397. The number of fused-ring (bicyclic) bond motifs is 1. The van der Waals surface area contributed by atoms with Crippen molar-refractivity contribution in [2.24, 2.45) is 11.0 Å². The Labute approximate surface area is 232 Å². The molecule has 0 radical (unpaired) electrons. The molecule has 1 amide bonds. The van der Waals surface area contributed by atoms with E-state index in [2.05, 4.69) is 4.98 Å². The van der Waals surface area contributed by atoms with Crippen molar-refractivity contribution in [1.82, 2.24) is 15.0 Å². The number of amides is 1. The van der Waals surface area contributed by atoms with Crippen LogP contribution >= 0.6 is 23.2 Å². The Bertz CT molecular complexity index is 1630. The van der Waals surface area contributed by atoms with Gasteiger partial charge in [0.05, 0.1) is 11.8 Å². The molecule has 1 aliphatic heterocycles. The first-order chi connectivity index (χ1) is 18.7. The fourth-order valence-electron chi connectivity index (χ4n) is 4.92. The number of hydrazone groups is 1. The number of nitrogens with two attached hydrogens (primary N) is 1. The van der Waals surface area contributed by atoms with E-state index in [4.69, 9.17) is 38.8 Å². The van der Waals surface area contributed by atoms with Crippen LogP contribution in [0.2, 0.25) is 10.0 Å². The molecular weight excluding hydrogens is 545 g/mol. The molecule has 1 saturated carbocycles. The van der Waals surface area contributed by atoms with Crippen molar-refractivity contribution >= 4 is 52.6 Å². The number of halogens is 2. The molecule has 1 aromatic heterocycles. The molecule has 1 fully saturated rings. The lowest BCUT2D eigenvalue weighted by Gasteiger charge is -2.29. The van der Waals surface area contributed by atoms with Crippen LogP contribution in [0.1, 0.15) is 46.9 Å². The van der Waals surface area contributed by atoms with Crippen molar-refractivity contribution in [1.29, 1.82) is 0 Å². The summed E-state index contributed by atoms with van der Waals surface area (Å²) in [7, 11) is 0. The summed E-state index contributed by atoms with van der Waals surface area (Å²) < 4.78 is 5.13. The Morgan fingerprint density at radius 1 is 1.10 bits per heavy atom. The zero-order chi connectivity index (χ0) is 27.7. The second-order valence-corrected chi connectivity index (χ2v) is 10.1. The van der Waals surface area contributed by atoms with Gasteiger partial charge in [-0.05, 0) is 66.3 Å². The first-order valence-corrected chi connectivity index (χ1v) is 12.9. The van der Waals surface area contributed by atoms with Gasteiger partial charge < -0.3 is 10.5 Å². The van der Waals surface area contributed by atoms with Gasteiger partial charge in [0.15, 0.2) is 12.3 Å². The molecule has 3 aromatic rings. The summed E-state index contributed by atoms with van der Waals surface area (Å²) in [5.74, 6) is -1.79. The standard InChI is InChI=1S/C27H23Cl2N5O5/c28-17-9-7-15(8-10-17)24-19-6-2-4-16(11-14-3-1-5-18(29)12-14)22(19)33-34(24)20(35)13-39-26(37)23-21(30)25(36)32-27(38)31-23/h1,3,5,7-12,19,24H,2,4,6,13,30H2,(H2,31,32,36,38). The van der Waals surface area contributed by atoms with Gasteiger partial charge >= 0.3 is 11.7 Å². The molecule has 0 saturated heterocycles. The minimum Gasteiger partial charge on any atom is -0.451 e. The smallest absolute Gasteiger partial charge is 0.357 e. The fraction of sp³-hybridized carbons (Fsp3) is 0.222. The number of hydrogen-bond donors (Lipinski definition) is 3. The Morgan fingerprint density at radius 2 is 1.87 bits per heavy atom. The van der Waals surface area contributed by atoms with Crippen LogP contribution in [0.25, 0.3) is 6.08 Å². The molecule has 200 valence electrons. The minimum atomic E-state index is -1.11. The van der Waals surface area contributed by atoms with Gasteiger partial charge in [0.2, 0.25) is 0 Å². The summed E-state index contributed by atoms with van der Waals surface area (Å²) in [6, 6.07) is 14.2. The lowest BCUT2D eigenvalue weighted by molar-refractivity contribution is -0.137. The van der Waals surface area contributed by atoms with Crippen molar-refractivity contribution in [3.8, 4) is 0 Å². The second kappa shape index (κ2) is 10.9. The van der Waals surface area contributed by atoms with Gasteiger partial charge in [-0.2, -0.15) is 5.10 Å². The van der Waals surface area contributed by atoms with Crippen molar-refractivity contribution in [3.63, 3.8) is 0 Å². The molecule has 2 heterocycles.